The Labute approximate surface area is 209 Å². The highest BCUT2D eigenvalue weighted by Crippen LogP contribution is 2.44. The molecule has 0 spiro atoms. The van der Waals surface area contributed by atoms with E-state index in [1.807, 2.05) is 44.2 Å². The van der Waals surface area contributed by atoms with Crippen LogP contribution in [0.2, 0.25) is 0 Å². The van der Waals surface area contributed by atoms with Gasteiger partial charge in [0.15, 0.2) is 0 Å². The van der Waals surface area contributed by atoms with Crippen LogP contribution in [0.25, 0.3) is 11.1 Å². The Morgan fingerprint density at radius 2 is 1.74 bits per heavy atom. The summed E-state index contributed by atoms with van der Waals surface area (Å²) in [5.41, 5.74) is 5.54. The number of carbonyl (C=O) groups excluding carboxylic acids is 2. The van der Waals surface area contributed by atoms with E-state index in [4.69, 9.17) is 4.74 Å². The molecule has 2 aliphatic rings. The van der Waals surface area contributed by atoms with Crippen molar-refractivity contribution in [1.29, 1.82) is 0 Å². The van der Waals surface area contributed by atoms with Gasteiger partial charge in [0.05, 0.1) is 0 Å². The van der Waals surface area contributed by atoms with E-state index in [0.29, 0.717) is 18.7 Å². The fourth-order valence-corrected chi connectivity index (χ4v) is 5.61. The molecular formula is C27H30N2O5S. The number of thioether (sulfide) groups is 1. The van der Waals surface area contributed by atoms with Crippen LogP contribution < -0.4 is 5.32 Å². The Morgan fingerprint density at radius 3 is 2.34 bits per heavy atom. The van der Waals surface area contributed by atoms with Crippen molar-refractivity contribution in [2.24, 2.45) is 0 Å². The number of benzene rings is 2. The number of carbonyl (C=O) groups is 3. The summed E-state index contributed by atoms with van der Waals surface area (Å²) < 4.78 is 5.63. The number of alkyl carbamates (subject to hydrolysis) is 1. The summed E-state index contributed by atoms with van der Waals surface area (Å²) in [6, 6.07) is 15.4. The standard InChI is InChI=1S/C27H30N2O5S/c1-17(2)11-12-23(25(30)29-13-14-35-24(15-29)26(31)32)28-27(33)34-16-22-20-9-5-3-7-18(20)19-8-4-6-10-21(19)22/h3-11,22-24H,12-16H2,1-2H3,(H,28,33)(H,31,32). The minimum Gasteiger partial charge on any atom is -0.480 e. The van der Waals surface area contributed by atoms with E-state index < -0.39 is 23.4 Å². The molecular weight excluding hydrogens is 464 g/mol. The summed E-state index contributed by atoms with van der Waals surface area (Å²) in [6.45, 7) is 4.58. The Morgan fingerprint density at radius 1 is 1.11 bits per heavy atom. The minimum absolute atomic E-state index is 0.0736. The third-order valence-electron chi connectivity index (χ3n) is 6.35. The maximum absolute atomic E-state index is 13.2. The number of ether oxygens (including phenoxy) is 1. The van der Waals surface area contributed by atoms with Crippen LogP contribution in [0.5, 0.6) is 0 Å². The highest BCUT2D eigenvalue weighted by molar-refractivity contribution is 8.00. The normalized spacial score (nSPS) is 17.7. The van der Waals surface area contributed by atoms with Crippen LogP contribution in [-0.4, -0.2) is 64.7 Å². The maximum atomic E-state index is 13.2. The van der Waals surface area contributed by atoms with Crippen molar-refractivity contribution in [2.75, 3.05) is 25.4 Å². The first-order valence-corrected chi connectivity index (χ1v) is 12.8. The molecule has 2 aromatic rings. The molecule has 0 radical (unpaired) electrons. The number of nitrogens with one attached hydrogen (secondary N) is 1. The van der Waals surface area contributed by atoms with Crippen molar-refractivity contribution in [1.82, 2.24) is 10.2 Å². The molecule has 7 nitrogen and oxygen atoms in total. The van der Waals surface area contributed by atoms with Gasteiger partial charge in [-0.2, -0.15) is 0 Å². The molecule has 2 amide bonds. The maximum Gasteiger partial charge on any atom is 0.407 e. The monoisotopic (exact) mass is 494 g/mol. The number of fused-ring (bicyclic) bond motifs is 3. The number of carboxylic acids is 1. The van der Waals surface area contributed by atoms with Gasteiger partial charge >= 0.3 is 12.1 Å². The van der Waals surface area contributed by atoms with E-state index in [-0.39, 0.29) is 25.0 Å². The van der Waals surface area contributed by atoms with E-state index in [9.17, 15) is 19.5 Å². The van der Waals surface area contributed by atoms with Crippen LogP contribution in [0.1, 0.15) is 37.3 Å². The predicted octanol–water partition coefficient (Wildman–Crippen LogP) is 4.28. The van der Waals surface area contributed by atoms with Gasteiger partial charge in [0.1, 0.15) is 17.9 Å². The van der Waals surface area contributed by atoms with Gasteiger partial charge in [-0.1, -0.05) is 60.2 Å². The van der Waals surface area contributed by atoms with Crippen molar-refractivity contribution in [3.05, 3.63) is 71.3 Å². The highest BCUT2D eigenvalue weighted by atomic mass is 32.2. The molecule has 1 heterocycles. The molecule has 2 unspecified atom stereocenters. The van der Waals surface area contributed by atoms with Crippen LogP contribution in [0.3, 0.4) is 0 Å². The van der Waals surface area contributed by atoms with E-state index >= 15 is 0 Å². The van der Waals surface area contributed by atoms with Crippen molar-refractivity contribution >= 4 is 29.7 Å². The lowest BCUT2D eigenvalue weighted by atomic mass is 9.98. The first kappa shape index (κ1) is 24.9. The number of allylic oxidation sites excluding steroid dienone is 1. The molecule has 1 aliphatic carbocycles. The van der Waals surface area contributed by atoms with Crippen LogP contribution in [0.4, 0.5) is 4.79 Å². The van der Waals surface area contributed by atoms with Gasteiger partial charge in [0.2, 0.25) is 5.91 Å². The largest absolute Gasteiger partial charge is 0.480 e. The van der Waals surface area contributed by atoms with E-state index in [0.717, 1.165) is 27.8 Å². The zero-order chi connectivity index (χ0) is 24.9. The van der Waals surface area contributed by atoms with Gasteiger partial charge in [0.25, 0.3) is 0 Å². The smallest absolute Gasteiger partial charge is 0.407 e. The minimum atomic E-state index is -0.933. The summed E-state index contributed by atoms with van der Waals surface area (Å²) in [5.74, 6) is -0.751. The van der Waals surface area contributed by atoms with Crippen molar-refractivity contribution in [3.63, 3.8) is 0 Å². The quantitative estimate of drug-likeness (QED) is 0.558. The van der Waals surface area contributed by atoms with Crippen LogP contribution in [0.15, 0.2) is 60.2 Å². The molecule has 1 saturated heterocycles. The van der Waals surface area contributed by atoms with Crippen LogP contribution >= 0.6 is 11.8 Å². The highest BCUT2D eigenvalue weighted by Gasteiger charge is 2.33. The van der Waals surface area contributed by atoms with Gasteiger partial charge in [-0.3, -0.25) is 9.59 Å². The average Bonchev–Trinajstić information content (AvgIpc) is 3.18. The second kappa shape index (κ2) is 11.0. The molecule has 0 bridgehead atoms. The molecule has 0 saturated carbocycles. The summed E-state index contributed by atoms with van der Waals surface area (Å²) in [5, 5.41) is 11.4. The number of hydrogen-bond donors (Lipinski definition) is 2. The topological polar surface area (TPSA) is 95.9 Å². The number of aliphatic carboxylic acids is 1. The molecule has 4 rings (SSSR count). The molecule has 2 atom stereocenters. The number of rotatable bonds is 7. The molecule has 0 aromatic heterocycles. The second-order valence-electron chi connectivity index (χ2n) is 9.02. The fraction of sp³-hybridized carbons (Fsp3) is 0.370. The summed E-state index contributed by atoms with van der Waals surface area (Å²) in [6.07, 6.45) is 1.54. The zero-order valence-corrected chi connectivity index (χ0v) is 20.7. The summed E-state index contributed by atoms with van der Waals surface area (Å²) in [4.78, 5) is 39.0. The van der Waals surface area contributed by atoms with E-state index in [1.54, 1.807) is 0 Å². The van der Waals surface area contributed by atoms with Gasteiger partial charge in [-0.15, -0.1) is 11.8 Å². The lowest BCUT2D eigenvalue weighted by Crippen LogP contribution is -2.53. The first-order chi connectivity index (χ1) is 16.8. The van der Waals surface area contributed by atoms with E-state index in [2.05, 4.69) is 29.6 Å². The Balaban J connectivity index is 1.44. The number of nitrogens with zero attached hydrogens (tertiary/aromatic N) is 1. The molecule has 1 fully saturated rings. The van der Waals surface area contributed by atoms with E-state index in [1.165, 1.54) is 16.7 Å². The number of hydrogen-bond acceptors (Lipinski definition) is 5. The first-order valence-electron chi connectivity index (χ1n) is 11.7. The molecule has 2 N–H and O–H groups in total. The fourth-order valence-electron chi connectivity index (χ4n) is 4.58. The lowest BCUT2D eigenvalue weighted by Gasteiger charge is -2.33. The Bertz CT molecular complexity index is 1100. The zero-order valence-electron chi connectivity index (χ0n) is 19.9. The number of carboxylic acid groups (broad SMARTS) is 1. The molecule has 1 aliphatic heterocycles. The van der Waals surface area contributed by atoms with Crippen molar-refractivity contribution < 1.29 is 24.2 Å². The van der Waals surface area contributed by atoms with Crippen molar-refractivity contribution in [2.45, 2.75) is 37.5 Å². The molecule has 2 aromatic carbocycles. The second-order valence-corrected chi connectivity index (χ2v) is 10.3. The average molecular weight is 495 g/mol. The summed E-state index contributed by atoms with van der Waals surface area (Å²) >= 11 is 1.33. The van der Waals surface area contributed by atoms with Crippen molar-refractivity contribution in [3.8, 4) is 11.1 Å². The van der Waals surface area contributed by atoms with Crippen LogP contribution in [-0.2, 0) is 14.3 Å². The molecule has 35 heavy (non-hydrogen) atoms. The predicted molar refractivity (Wildman–Crippen MR) is 137 cm³/mol. The van der Waals surface area contributed by atoms with Gasteiger partial charge < -0.3 is 20.1 Å². The third-order valence-corrected chi connectivity index (χ3v) is 7.52. The Hall–Kier alpha value is -3.26. The third kappa shape index (κ3) is 5.70. The molecule has 184 valence electrons. The SMILES string of the molecule is CC(C)=CCC(NC(=O)OCC1c2ccccc2-c2ccccc21)C(=O)N1CCSC(C(=O)O)C1. The van der Waals surface area contributed by atoms with Crippen LogP contribution in [0, 0.1) is 0 Å². The van der Waals surface area contributed by atoms with Gasteiger partial charge in [0, 0.05) is 24.8 Å². The van der Waals surface area contributed by atoms with Gasteiger partial charge in [-0.25, -0.2) is 4.79 Å². The number of amides is 2. The lowest BCUT2D eigenvalue weighted by molar-refractivity contribution is -0.138. The Kier molecular flexibility index (Phi) is 7.80. The summed E-state index contributed by atoms with van der Waals surface area (Å²) in [7, 11) is 0. The van der Waals surface area contributed by atoms with Gasteiger partial charge in [-0.05, 0) is 42.5 Å². The molecule has 8 heteroatoms.